The van der Waals surface area contributed by atoms with E-state index in [0.29, 0.717) is 51.6 Å². The third kappa shape index (κ3) is 5.18. The molecule has 0 unspecified atom stereocenters. The standard InChI is InChI=1S/C36H36FN7O5/c1-36(2,3)49-35(48)43(7)26-12-24(37)30(38-4)28-20(26)11-25-29(28)31(44-9-8-18-15-41(5)17-27(18)44)22(14-39-25)19-10-21-32(45)23(34(46)47)16-42(6)33(21)40-13-19/h10,12-14,16,18,27H,8-9,11,15,17H2,1-3,5-7H3,(H,46,47)/t18-,27+/m0/s1. The zero-order valence-electron chi connectivity index (χ0n) is 28.2. The predicted octanol–water partition coefficient (Wildman–Crippen LogP) is 5.47. The number of aryl methyl sites for hydroxylation is 1. The van der Waals surface area contributed by atoms with Crippen LogP contribution >= 0.6 is 0 Å². The van der Waals surface area contributed by atoms with Crippen molar-refractivity contribution >= 4 is 40.2 Å². The van der Waals surface area contributed by atoms with Crippen molar-refractivity contribution in [3.8, 4) is 22.3 Å². The van der Waals surface area contributed by atoms with Crippen molar-refractivity contribution in [1.29, 1.82) is 0 Å². The van der Waals surface area contributed by atoms with Gasteiger partial charge >= 0.3 is 12.1 Å². The molecule has 3 aliphatic rings. The summed E-state index contributed by atoms with van der Waals surface area (Å²) in [5, 5.41) is 9.85. The number of ether oxygens (including phenoxy) is 1. The minimum atomic E-state index is -1.33. The minimum Gasteiger partial charge on any atom is -0.477 e. The Morgan fingerprint density at radius 2 is 1.90 bits per heavy atom. The Morgan fingerprint density at radius 1 is 1.14 bits per heavy atom. The lowest BCUT2D eigenvalue weighted by atomic mass is 9.95. The number of pyridine rings is 3. The summed E-state index contributed by atoms with van der Waals surface area (Å²) >= 11 is 0. The molecular formula is C36H36FN7O5. The van der Waals surface area contributed by atoms with Crippen LogP contribution in [0.15, 0.2) is 35.5 Å². The van der Waals surface area contributed by atoms with Crippen LogP contribution in [0.2, 0.25) is 0 Å². The lowest BCUT2D eigenvalue weighted by Crippen LogP contribution is -2.35. The van der Waals surface area contributed by atoms with Gasteiger partial charge in [0.1, 0.15) is 22.6 Å². The first-order valence-corrected chi connectivity index (χ1v) is 16.1. The second-order valence-electron chi connectivity index (χ2n) is 14.2. The predicted molar refractivity (Wildman–Crippen MR) is 183 cm³/mol. The highest BCUT2D eigenvalue weighted by Crippen LogP contribution is 2.55. The van der Waals surface area contributed by atoms with Gasteiger partial charge in [-0.3, -0.25) is 14.7 Å². The number of aromatic carboxylic acids is 1. The second-order valence-corrected chi connectivity index (χ2v) is 14.2. The first kappa shape index (κ1) is 32.2. The van der Waals surface area contributed by atoms with E-state index < -0.39 is 28.9 Å². The fourth-order valence-corrected chi connectivity index (χ4v) is 7.68. The average Bonchev–Trinajstić information content (AvgIpc) is 3.72. The molecule has 1 amide bonds. The molecule has 7 rings (SSSR count). The van der Waals surface area contributed by atoms with E-state index in [9.17, 15) is 19.5 Å². The third-order valence-corrected chi connectivity index (χ3v) is 9.77. The van der Waals surface area contributed by atoms with Gasteiger partial charge in [0.2, 0.25) is 11.1 Å². The van der Waals surface area contributed by atoms with Gasteiger partial charge in [0.05, 0.1) is 29.0 Å². The molecule has 2 aliphatic heterocycles. The number of aromatic nitrogens is 3. The topological polar surface area (TPSA) is 125 Å². The normalized spacial score (nSPS) is 18.3. The Hall–Kier alpha value is -5.35. The van der Waals surface area contributed by atoms with Crippen molar-refractivity contribution in [2.24, 2.45) is 13.0 Å². The van der Waals surface area contributed by atoms with Gasteiger partial charge in [0, 0.05) is 87.0 Å². The van der Waals surface area contributed by atoms with E-state index in [1.807, 2.05) is 0 Å². The zero-order valence-corrected chi connectivity index (χ0v) is 28.2. The zero-order chi connectivity index (χ0) is 35.1. The van der Waals surface area contributed by atoms with E-state index in [4.69, 9.17) is 16.3 Å². The molecule has 4 aromatic rings. The van der Waals surface area contributed by atoms with Crippen LogP contribution in [0.5, 0.6) is 0 Å². The number of likely N-dealkylation sites (N-methyl/N-ethyl adjacent to an activating group) is 1. The maximum absolute atomic E-state index is 16.0. The van der Waals surface area contributed by atoms with E-state index in [0.717, 1.165) is 25.2 Å². The maximum Gasteiger partial charge on any atom is 0.414 e. The molecule has 3 aromatic heterocycles. The average molecular weight is 666 g/mol. The molecule has 0 spiro atoms. The van der Waals surface area contributed by atoms with Crippen LogP contribution in [-0.4, -0.2) is 82.0 Å². The SMILES string of the molecule is [C-]#[N+]c1c(F)cc(N(C)C(=O)OC(C)(C)C)c2c1-c1c(ncc(-c3cnc4c(c3)c(=O)c(C(=O)O)cn4C)c1N1CC[C@H]3CN(C)C[C@H]31)C2. The molecule has 0 saturated carbocycles. The largest absolute Gasteiger partial charge is 0.477 e. The smallest absolute Gasteiger partial charge is 0.414 e. The highest BCUT2D eigenvalue weighted by atomic mass is 19.1. The molecule has 1 aliphatic carbocycles. The number of carbonyl (C=O) groups excluding carboxylic acids is 1. The fourth-order valence-electron chi connectivity index (χ4n) is 7.68. The lowest BCUT2D eigenvalue weighted by Gasteiger charge is -2.31. The Kier molecular flexibility index (Phi) is 7.48. The van der Waals surface area contributed by atoms with Crippen molar-refractivity contribution in [2.75, 3.05) is 43.5 Å². The Balaban J connectivity index is 1.50. The summed E-state index contributed by atoms with van der Waals surface area (Å²) in [6, 6.07) is 2.98. The van der Waals surface area contributed by atoms with Gasteiger partial charge in [0.15, 0.2) is 0 Å². The monoisotopic (exact) mass is 665 g/mol. The third-order valence-electron chi connectivity index (χ3n) is 9.77. The molecule has 0 radical (unpaired) electrons. The van der Waals surface area contributed by atoms with E-state index in [1.54, 1.807) is 46.3 Å². The lowest BCUT2D eigenvalue weighted by molar-refractivity contribution is 0.0588. The summed E-state index contributed by atoms with van der Waals surface area (Å²) in [7, 11) is 5.24. The maximum atomic E-state index is 16.0. The highest BCUT2D eigenvalue weighted by molar-refractivity contribution is 6.04. The number of amides is 1. The van der Waals surface area contributed by atoms with E-state index in [1.165, 1.54) is 28.8 Å². The molecule has 5 heterocycles. The van der Waals surface area contributed by atoms with Crippen LogP contribution in [0, 0.1) is 18.3 Å². The molecule has 0 bridgehead atoms. The summed E-state index contributed by atoms with van der Waals surface area (Å²) < 4.78 is 23.1. The molecule has 252 valence electrons. The van der Waals surface area contributed by atoms with Gasteiger partial charge < -0.3 is 24.2 Å². The molecule has 2 fully saturated rings. The van der Waals surface area contributed by atoms with E-state index >= 15 is 4.39 Å². The summed E-state index contributed by atoms with van der Waals surface area (Å²) in [5.74, 6) is -1.71. The Labute approximate surface area is 282 Å². The van der Waals surface area contributed by atoms with Crippen molar-refractivity contribution in [1.82, 2.24) is 19.4 Å². The van der Waals surface area contributed by atoms with Crippen LogP contribution in [-0.2, 0) is 18.2 Å². The van der Waals surface area contributed by atoms with Crippen LogP contribution in [0.4, 0.5) is 26.2 Å². The molecule has 2 saturated heterocycles. The number of anilines is 2. The van der Waals surface area contributed by atoms with Gasteiger partial charge in [-0.1, -0.05) is 0 Å². The van der Waals surface area contributed by atoms with Gasteiger partial charge in [-0.05, 0) is 57.9 Å². The Bertz CT molecular complexity index is 2200. The van der Waals surface area contributed by atoms with Crippen LogP contribution in [0.3, 0.4) is 0 Å². The number of nitrogens with zero attached hydrogens (tertiary/aromatic N) is 7. The number of rotatable bonds is 4. The van der Waals surface area contributed by atoms with Crippen molar-refractivity contribution in [3.63, 3.8) is 0 Å². The first-order valence-electron chi connectivity index (χ1n) is 16.1. The van der Waals surface area contributed by atoms with E-state index in [-0.39, 0.29) is 34.8 Å². The molecule has 2 atom stereocenters. The number of hydrogen-bond donors (Lipinski definition) is 1. The number of fused-ring (bicyclic) bond motifs is 5. The van der Waals surface area contributed by atoms with E-state index in [2.05, 4.69) is 26.7 Å². The van der Waals surface area contributed by atoms with Crippen LogP contribution in [0.1, 0.15) is 48.8 Å². The number of likely N-dealkylation sites (tertiary alicyclic amines) is 1. The van der Waals surface area contributed by atoms with Crippen molar-refractivity contribution < 1.29 is 23.8 Å². The van der Waals surface area contributed by atoms with Gasteiger partial charge in [-0.15, -0.1) is 0 Å². The Morgan fingerprint density at radius 3 is 2.59 bits per heavy atom. The van der Waals surface area contributed by atoms with Gasteiger partial charge in [-0.2, -0.15) is 0 Å². The summed E-state index contributed by atoms with van der Waals surface area (Å²) in [4.78, 5) is 57.4. The number of halogens is 1. The molecule has 49 heavy (non-hydrogen) atoms. The van der Waals surface area contributed by atoms with Gasteiger partial charge in [-0.25, -0.2) is 23.8 Å². The number of carboxylic acid groups (broad SMARTS) is 1. The molecule has 1 aromatic carbocycles. The quantitative estimate of drug-likeness (QED) is 0.249. The fraction of sp³-hybridized carbons (Fsp3) is 0.389. The summed E-state index contributed by atoms with van der Waals surface area (Å²) in [6.45, 7) is 15.8. The van der Waals surface area contributed by atoms with Crippen molar-refractivity contribution in [3.05, 3.63) is 75.0 Å². The molecule has 13 heteroatoms. The van der Waals surface area contributed by atoms with Crippen LogP contribution < -0.4 is 15.2 Å². The van der Waals surface area contributed by atoms with Crippen molar-refractivity contribution in [2.45, 2.75) is 45.3 Å². The van der Waals surface area contributed by atoms with Crippen LogP contribution in [0.25, 0.3) is 38.1 Å². The number of benzene rings is 1. The highest BCUT2D eigenvalue weighted by Gasteiger charge is 2.44. The number of hydrogen-bond acceptors (Lipinski definition) is 8. The second kappa shape index (κ2) is 11.4. The number of carbonyl (C=O) groups is 2. The number of carboxylic acids is 1. The first-order chi connectivity index (χ1) is 23.2. The van der Waals surface area contributed by atoms with Gasteiger partial charge in [0.25, 0.3) is 0 Å². The molecular weight excluding hydrogens is 629 g/mol. The summed E-state index contributed by atoms with van der Waals surface area (Å²) in [6.07, 6.45) is 5.13. The minimum absolute atomic E-state index is 0.132. The summed E-state index contributed by atoms with van der Waals surface area (Å²) in [5.41, 5.74) is 2.78. The molecule has 12 nitrogen and oxygen atoms in total. The molecule has 1 N–H and O–H groups in total.